The van der Waals surface area contributed by atoms with Crippen LogP contribution >= 0.6 is 11.3 Å². The number of ether oxygens (including phenoxy) is 1. The third kappa shape index (κ3) is 4.57. The minimum absolute atomic E-state index is 0.289. The Labute approximate surface area is 115 Å². The number of aromatic nitrogens is 2. The SMILES string of the molecule is CC(C)CNCc1nnc(Oc2ccc(F)cc2)s1. The average molecular weight is 281 g/mol. The second-order valence-corrected chi connectivity index (χ2v) is 5.57. The van der Waals surface area contributed by atoms with Crippen LogP contribution in [0.25, 0.3) is 0 Å². The summed E-state index contributed by atoms with van der Waals surface area (Å²) < 4.78 is 18.2. The van der Waals surface area contributed by atoms with Crippen molar-refractivity contribution < 1.29 is 9.13 Å². The van der Waals surface area contributed by atoms with Gasteiger partial charge in [0.25, 0.3) is 5.19 Å². The van der Waals surface area contributed by atoms with Crippen LogP contribution in [0, 0.1) is 11.7 Å². The van der Waals surface area contributed by atoms with Crippen molar-refractivity contribution in [2.24, 2.45) is 5.92 Å². The summed E-state index contributed by atoms with van der Waals surface area (Å²) in [4.78, 5) is 0. The Morgan fingerprint density at radius 1 is 1.26 bits per heavy atom. The van der Waals surface area contributed by atoms with Crippen molar-refractivity contribution in [2.45, 2.75) is 20.4 Å². The van der Waals surface area contributed by atoms with E-state index in [9.17, 15) is 4.39 Å². The van der Waals surface area contributed by atoms with E-state index in [2.05, 4.69) is 29.4 Å². The Hall–Kier alpha value is -1.53. The first-order chi connectivity index (χ1) is 9.13. The summed E-state index contributed by atoms with van der Waals surface area (Å²) >= 11 is 1.38. The highest BCUT2D eigenvalue weighted by Crippen LogP contribution is 2.24. The van der Waals surface area contributed by atoms with Gasteiger partial charge >= 0.3 is 0 Å². The Morgan fingerprint density at radius 2 is 2.00 bits per heavy atom. The zero-order chi connectivity index (χ0) is 13.7. The van der Waals surface area contributed by atoms with Crippen molar-refractivity contribution in [3.8, 4) is 10.9 Å². The molecule has 1 aromatic carbocycles. The summed E-state index contributed by atoms with van der Waals surface area (Å²) in [5, 5.41) is 12.6. The molecule has 1 N–H and O–H groups in total. The summed E-state index contributed by atoms with van der Waals surface area (Å²) in [6.45, 7) is 5.92. The minimum atomic E-state index is -0.289. The van der Waals surface area contributed by atoms with Crippen LogP contribution in [0.2, 0.25) is 0 Å². The molecule has 0 radical (unpaired) electrons. The second-order valence-electron chi connectivity index (χ2n) is 4.54. The van der Waals surface area contributed by atoms with Gasteiger partial charge in [-0.3, -0.25) is 0 Å². The van der Waals surface area contributed by atoms with Crippen LogP contribution in [-0.4, -0.2) is 16.7 Å². The maximum Gasteiger partial charge on any atom is 0.299 e. The number of halogens is 1. The first-order valence-electron chi connectivity index (χ1n) is 6.10. The maximum absolute atomic E-state index is 12.7. The number of hydrogen-bond donors (Lipinski definition) is 1. The van der Waals surface area contributed by atoms with Gasteiger partial charge < -0.3 is 10.1 Å². The highest BCUT2D eigenvalue weighted by Gasteiger charge is 2.06. The molecule has 102 valence electrons. The molecule has 2 aromatic rings. The Morgan fingerprint density at radius 3 is 2.68 bits per heavy atom. The zero-order valence-electron chi connectivity index (χ0n) is 10.9. The van der Waals surface area contributed by atoms with Crippen LogP contribution in [-0.2, 0) is 6.54 Å². The molecule has 0 saturated heterocycles. The Bertz CT molecular complexity index is 513. The van der Waals surface area contributed by atoms with Gasteiger partial charge in [0.1, 0.15) is 16.6 Å². The summed E-state index contributed by atoms with van der Waals surface area (Å²) in [6, 6.07) is 5.82. The van der Waals surface area contributed by atoms with Gasteiger partial charge in [-0.05, 0) is 36.7 Å². The van der Waals surface area contributed by atoms with Gasteiger partial charge in [0, 0.05) is 6.54 Å². The van der Waals surface area contributed by atoms with Gasteiger partial charge in [-0.15, -0.1) is 5.10 Å². The lowest BCUT2D eigenvalue weighted by Crippen LogP contribution is -2.18. The summed E-state index contributed by atoms with van der Waals surface area (Å²) in [6.07, 6.45) is 0. The molecule has 0 spiro atoms. The fourth-order valence-corrected chi connectivity index (χ4v) is 2.10. The lowest BCUT2D eigenvalue weighted by atomic mass is 10.2. The third-order valence-corrected chi connectivity index (χ3v) is 3.10. The first-order valence-corrected chi connectivity index (χ1v) is 6.91. The summed E-state index contributed by atoms with van der Waals surface area (Å²) in [5.74, 6) is 0.866. The van der Waals surface area contributed by atoms with E-state index in [4.69, 9.17) is 4.74 Å². The molecule has 0 bridgehead atoms. The highest BCUT2D eigenvalue weighted by molar-refractivity contribution is 7.13. The van der Waals surface area contributed by atoms with Gasteiger partial charge in [0.05, 0.1) is 0 Å². The molecule has 2 rings (SSSR count). The van der Waals surface area contributed by atoms with Crippen LogP contribution in [0.1, 0.15) is 18.9 Å². The summed E-state index contributed by atoms with van der Waals surface area (Å²) in [7, 11) is 0. The quantitative estimate of drug-likeness (QED) is 0.883. The predicted octanol–water partition coefficient (Wildman–Crippen LogP) is 3.22. The molecule has 1 aromatic heterocycles. The summed E-state index contributed by atoms with van der Waals surface area (Å²) in [5.41, 5.74) is 0. The van der Waals surface area contributed by atoms with Crippen molar-refractivity contribution in [1.82, 2.24) is 15.5 Å². The lowest BCUT2D eigenvalue weighted by molar-refractivity contribution is 0.471. The number of benzene rings is 1. The molecule has 0 aliphatic rings. The van der Waals surface area contributed by atoms with Gasteiger partial charge in [-0.1, -0.05) is 30.3 Å². The van der Waals surface area contributed by atoms with Crippen molar-refractivity contribution in [3.05, 3.63) is 35.1 Å². The third-order valence-electron chi connectivity index (χ3n) is 2.30. The number of hydrogen-bond acceptors (Lipinski definition) is 5. The number of nitrogens with zero attached hydrogens (tertiary/aromatic N) is 2. The van der Waals surface area contributed by atoms with Crippen LogP contribution in [0.4, 0.5) is 4.39 Å². The minimum Gasteiger partial charge on any atom is -0.430 e. The Balaban J connectivity index is 1.88. The van der Waals surface area contributed by atoms with Crippen molar-refractivity contribution in [1.29, 1.82) is 0 Å². The molecule has 6 heteroatoms. The molecule has 0 amide bonds. The topological polar surface area (TPSA) is 47.0 Å². The van der Waals surface area contributed by atoms with E-state index < -0.39 is 0 Å². The van der Waals surface area contributed by atoms with E-state index in [1.807, 2.05) is 0 Å². The van der Waals surface area contributed by atoms with Crippen molar-refractivity contribution in [2.75, 3.05) is 6.54 Å². The molecule has 0 saturated carbocycles. The number of rotatable bonds is 6. The monoisotopic (exact) mass is 281 g/mol. The van der Waals surface area contributed by atoms with E-state index in [1.165, 1.54) is 23.5 Å². The van der Waals surface area contributed by atoms with Crippen molar-refractivity contribution in [3.63, 3.8) is 0 Å². The fraction of sp³-hybridized carbons (Fsp3) is 0.385. The average Bonchev–Trinajstić information content (AvgIpc) is 2.79. The molecule has 0 aliphatic heterocycles. The van der Waals surface area contributed by atoms with Crippen LogP contribution in [0.3, 0.4) is 0 Å². The predicted molar refractivity (Wildman–Crippen MR) is 72.9 cm³/mol. The van der Waals surface area contributed by atoms with Crippen LogP contribution in [0.15, 0.2) is 24.3 Å². The molecule has 0 fully saturated rings. The van der Waals surface area contributed by atoms with Gasteiger partial charge in [0.15, 0.2) is 0 Å². The van der Waals surface area contributed by atoms with E-state index in [1.54, 1.807) is 12.1 Å². The second kappa shape index (κ2) is 6.58. The van der Waals surface area contributed by atoms with Crippen LogP contribution in [0.5, 0.6) is 10.9 Å². The van der Waals surface area contributed by atoms with Gasteiger partial charge in [0.2, 0.25) is 0 Å². The first kappa shape index (κ1) is 13.9. The molecular weight excluding hydrogens is 265 g/mol. The Kier molecular flexibility index (Phi) is 4.81. The molecular formula is C13H16FN3OS. The molecule has 0 aliphatic carbocycles. The largest absolute Gasteiger partial charge is 0.430 e. The van der Waals surface area contributed by atoms with E-state index >= 15 is 0 Å². The molecule has 19 heavy (non-hydrogen) atoms. The number of nitrogens with one attached hydrogen (secondary N) is 1. The fourth-order valence-electron chi connectivity index (χ4n) is 1.42. The van der Waals surface area contributed by atoms with Gasteiger partial charge in [-0.2, -0.15) is 0 Å². The van der Waals surface area contributed by atoms with E-state index in [0.717, 1.165) is 11.6 Å². The van der Waals surface area contributed by atoms with Crippen LogP contribution < -0.4 is 10.1 Å². The molecule has 4 nitrogen and oxygen atoms in total. The molecule has 0 atom stereocenters. The van der Waals surface area contributed by atoms with Gasteiger partial charge in [-0.25, -0.2) is 4.39 Å². The normalized spacial score (nSPS) is 10.9. The standard InChI is InChI=1S/C13H16FN3OS/c1-9(2)7-15-8-12-16-17-13(19-12)18-11-5-3-10(14)4-6-11/h3-6,9,15H,7-8H2,1-2H3. The van der Waals surface area contributed by atoms with E-state index in [0.29, 0.717) is 23.4 Å². The highest BCUT2D eigenvalue weighted by atomic mass is 32.1. The van der Waals surface area contributed by atoms with Crippen molar-refractivity contribution >= 4 is 11.3 Å². The van der Waals surface area contributed by atoms with E-state index in [-0.39, 0.29) is 5.82 Å². The molecule has 1 heterocycles. The maximum atomic E-state index is 12.7. The lowest BCUT2D eigenvalue weighted by Gasteiger charge is -2.04. The molecule has 0 unspecified atom stereocenters. The smallest absolute Gasteiger partial charge is 0.299 e. The zero-order valence-corrected chi connectivity index (χ0v) is 11.7.